The summed E-state index contributed by atoms with van der Waals surface area (Å²) in [5.74, 6) is 0.402. The van der Waals surface area contributed by atoms with Crippen LogP contribution in [-0.2, 0) is 11.2 Å². The fourth-order valence-corrected chi connectivity index (χ4v) is 6.97. The number of hydrogen-bond acceptors (Lipinski definition) is 7. The number of hydrogen-bond donors (Lipinski definition) is 1. The number of pyridine rings is 1. The summed E-state index contributed by atoms with van der Waals surface area (Å²) in [6.45, 7) is 12.0. The lowest BCUT2D eigenvalue weighted by Crippen LogP contribution is -2.63. The van der Waals surface area contributed by atoms with Gasteiger partial charge >= 0.3 is 6.18 Å². The third-order valence-corrected chi connectivity index (χ3v) is 8.62. The van der Waals surface area contributed by atoms with E-state index in [0.29, 0.717) is 42.1 Å². The number of likely N-dealkylation sites (tertiary alicyclic amines) is 1. The molecule has 2 fully saturated rings. The Balaban J connectivity index is 1.64. The fraction of sp³-hybridized carbons (Fsp3) is 0.767. The van der Waals surface area contributed by atoms with Crippen molar-refractivity contribution in [1.82, 2.24) is 19.9 Å². The van der Waals surface area contributed by atoms with Crippen LogP contribution in [0.2, 0.25) is 0 Å². The molecular weight excluding hydrogens is 521 g/mol. The Morgan fingerprint density at radius 3 is 2.30 bits per heavy atom. The molecule has 1 atom stereocenters. The standard InChI is InChI=1S/C30H45F3N4O3/c1-19(14-30(31,32)33)13-25-34-18-24-26(36-25)23(20-7-9-21(38)10-8-20)17-35-27(24)40-22-15-28(2,3)37(11-12-39-6)29(4,5)16-22/h17-22,38H,7-16H2,1-6H3/t19-,20?,21?/m1/s1. The molecule has 2 aliphatic rings. The highest BCUT2D eigenvalue weighted by Crippen LogP contribution is 2.42. The number of aliphatic hydroxyl groups is 1. The summed E-state index contributed by atoms with van der Waals surface area (Å²) in [7, 11) is 1.72. The van der Waals surface area contributed by atoms with E-state index in [9.17, 15) is 18.3 Å². The number of aromatic nitrogens is 3. The van der Waals surface area contributed by atoms with Crippen molar-refractivity contribution in [3.63, 3.8) is 0 Å². The lowest BCUT2D eigenvalue weighted by Gasteiger charge is -2.55. The molecular formula is C30H45F3N4O3. The molecule has 1 N–H and O–H groups in total. The maximum atomic E-state index is 13.0. The molecule has 10 heteroatoms. The lowest BCUT2D eigenvalue weighted by atomic mass is 9.78. The maximum Gasteiger partial charge on any atom is 0.389 e. The summed E-state index contributed by atoms with van der Waals surface area (Å²) in [5.41, 5.74) is 1.41. The highest BCUT2D eigenvalue weighted by molar-refractivity contribution is 5.85. The summed E-state index contributed by atoms with van der Waals surface area (Å²) in [6.07, 6.45) is 2.79. The number of fused-ring (bicyclic) bond motifs is 1. The first-order valence-corrected chi connectivity index (χ1v) is 14.5. The zero-order valence-corrected chi connectivity index (χ0v) is 24.7. The SMILES string of the molecule is COCCN1C(C)(C)CC(Oc2ncc(C3CCC(O)CC3)c3nc(C[C@@H](C)CC(F)(F)F)ncc23)CC1(C)C. The molecule has 1 saturated carbocycles. The molecule has 7 nitrogen and oxygen atoms in total. The van der Waals surface area contributed by atoms with Crippen LogP contribution in [0.25, 0.3) is 10.9 Å². The van der Waals surface area contributed by atoms with Gasteiger partial charge in [-0.2, -0.15) is 13.2 Å². The second-order valence-electron chi connectivity index (χ2n) is 13.1. The van der Waals surface area contributed by atoms with Crippen molar-refractivity contribution >= 4 is 10.9 Å². The number of piperidine rings is 1. The Hall–Kier alpha value is -2.04. The smallest absolute Gasteiger partial charge is 0.389 e. The van der Waals surface area contributed by atoms with Gasteiger partial charge < -0.3 is 14.6 Å². The molecule has 0 unspecified atom stereocenters. The predicted molar refractivity (Wildman–Crippen MR) is 148 cm³/mol. The van der Waals surface area contributed by atoms with Crippen molar-refractivity contribution in [2.45, 2.75) is 121 Å². The Morgan fingerprint density at radius 2 is 1.70 bits per heavy atom. The van der Waals surface area contributed by atoms with E-state index in [1.54, 1.807) is 20.2 Å². The van der Waals surface area contributed by atoms with Crippen LogP contribution in [0.3, 0.4) is 0 Å². The zero-order chi connectivity index (χ0) is 29.3. The van der Waals surface area contributed by atoms with Crippen LogP contribution in [0.4, 0.5) is 13.2 Å². The fourth-order valence-electron chi connectivity index (χ4n) is 6.97. The topological polar surface area (TPSA) is 80.6 Å². The first kappa shape index (κ1) is 30.9. The Morgan fingerprint density at radius 1 is 1.05 bits per heavy atom. The van der Waals surface area contributed by atoms with Crippen LogP contribution in [0.5, 0.6) is 5.88 Å². The van der Waals surface area contributed by atoms with Crippen molar-refractivity contribution in [2.24, 2.45) is 5.92 Å². The van der Waals surface area contributed by atoms with E-state index in [4.69, 9.17) is 19.4 Å². The van der Waals surface area contributed by atoms with Gasteiger partial charge in [-0.3, -0.25) is 4.90 Å². The number of nitrogens with zero attached hydrogens (tertiary/aromatic N) is 4. The van der Waals surface area contributed by atoms with E-state index in [-0.39, 0.29) is 35.6 Å². The molecule has 0 amide bonds. The minimum Gasteiger partial charge on any atom is -0.474 e. The molecule has 40 heavy (non-hydrogen) atoms. The summed E-state index contributed by atoms with van der Waals surface area (Å²) in [5, 5.41) is 10.7. The van der Waals surface area contributed by atoms with Crippen LogP contribution in [-0.4, -0.2) is 74.7 Å². The van der Waals surface area contributed by atoms with Crippen molar-refractivity contribution in [3.8, 4) is 5.88 Å². The van der Waals surface area contributed by atoms with E-state index < -0.39 is 18.5 Å². The van der Waals surface area contributed by atoms with E-state index in [1.165, 1.54) is 0 Å². The first-order valence-electron chi connectivity index (χ1n) is 14.5. The van der Waals surface area contributed by atoms with Gasteiger partial charge in [0.25, 0.3) is 0 Å². The third kappa shape index (κ3) is 7.42. The lowest BCUT2D eigenvalue weighted by molar-refractivity contribution is -0.143. The number of aliphatic hydroxyl groups excluding tert-OH is 1. The molecule has 0 spiro atoms. The summed E-state index contributed by atoms with van der Waals surface area (Å²) < 4.78 is 50.9. The summed E-state index contributed by atoms with van der Waals surface area (Å²) in [6, 6.07) is 0. The van der Waals surface area contributed by atoms with E-state index in [2.05, 4.69) is 37.6 Å². The van der Waals surface area contributed by atoms with Crippen molar-refractivity contribution in [2.75, 3.05) is 20.3 Å². The summed E-state index contributed by atoms with van der Waals surface area (Å²) in [4.78, 5) is 16.5. The number of halogens is 3. The number of methoxy groups -OCH3 is 1. The largest absolute Gasteiger partial charge is 0.474 e. The average molecular weight is 567 g/mol. The molecule has 0 aromatic carbocycles. The highest BCUT2D eigenvalue weighted by Gasteiger charge is 2.46. The van der Waals surface area contributed by atoms with E-state index in [0.717, 1.165) is 37.8 Å². The maximum absolute atomic E-state index is 13.0. The van der Waals surface area contributed by atoms with Gasteiger partial charge in [0.15, 0.2) is 0 Å². The van der Waals surface area contributed by atoms with Gasteiger partial charge in [-0.05, 0) is 65.2 Å². The second-order valence-corrected chi connectivity index (χ2v) is 13.1. The van der Waals surface area contributed by atoms with Gasteiger partial charge in [0.05, 0.1) is 23.6 Å². The molecule has 1 aliphatic heterocycles. The second kappa shape index (κ2) is 12.1. The van der Waals surface area contributed by atoms with Gasteiger partial charge in [-0.15, -0.1) is 0 Å². The van der Waals surface area contributed by atoms with Crippen LogP contribution in [0, 0.1) is 5.92 Å². The average Bonchev–Trinajstić information content (AvgIpc) is 2.82. The molecule has 0 bridgehead atoms. The molecule has 2 aromatic heterocycles. The monoisotopic (exact) mass is 566 g/mol. The van der Waals surface area contributed by atoms with Gasteiger partial charge in [0.1, 0.15) is 11.9 Å². The molecule has 3 heterocycles. The number of alkyl halides is 3. The van der Waals surface area contributed by atoms with Gasteiger partial charge in [0.2, 0.25) is 5.88 Å². The molecule has 224 valence electrons. The molecule has 2 aromatic rings. The Bertz CT molecular complexity index is 1130. The van der Waals surface area contributed by atoms with Gasteiger partial charge in [-0.25, -0.2) is 15.0 Å². The van der Waals surface area contributed by atoms with E-state index in [1.807, 2.05) is 6.20 Å². The highest BCUT2D eigenvalue weighted by atomic mass is 19.4. The van der Waals surface area contributed by atoms with Crippen LogP contribution in [0.15, 0.2) is 12.4 Å². The van der Waals surface area contributed by atoms with E-state index >= 15 is 0 Å². The molecule has 1 aliphatic carbocycles. The molecule has 0 radical (unpaired) electrons. The minimum absolute atomic E-state index is 0.0818. The normalized spacial score (nSPS) is 24.8. The Kier molecular flexibility index (Phi) is 9.32. The van der Waals surface area contributed by atoms with Crippen LogP contribution < -0.4 is 4.74 Å². The minimum atomic E-state index is -4.23. The molecule has 1 saturated heterocycles. The van der Waals surface area contributed by atoms with Crippen molar-refractivity contribution < 1.29 is 27.8 Å². The van der Waals surface area contributed by atoms with Crippen molar-refractivity contribution in [1.29, 1.82) is 0 Å². The number of rotatable bonds is 9. The van der Waals surface area contributed by atoms with Gasteiger partial charge in [-0.1, -0.05) is 6.92 Å². The Labute approximate surface area is 235 Å². The third-order valence-electron chi connectivity index (χ3n) is 8.62. The molecule has 4 rings (SSSR count). The van der Waals surface area contributed by atoms with Crippen LogP contribution in [0.1, 0.15) is 96.9 Å². The van der Waals surface area contributed by atoms with Gasteiger partial charge in [0, 0.05) is 68.4 Å². The number of ether oxygens (including phenoxy) is 2. The predicted octanol–water partition coefficient (Wildman–Crippen LogP) is 6.22. The van der Waals surface area contributed by atoms with Crippen molar-refractivity contribution in [3.05, 3.63) is 23.8 Å². The van der Waals surface area contributed by atoms with Crippen LogP contribution >= 0.6 is 0 Å². The first-order chi connectivity index (χ1) is 18.7. The quantitative estimate of drug-likeness (QED) is 0.386. The summed E-state index contributed by atoms with van der Waals surface area (Å²) >= 11 is 0. The zero-order valence-electron chi connectivity index (χ0n) is 24.7.